The van der Waals surface area contributed by atoms with Crippen LogP contribution in [0.3, 0.4) is 0 Å². The monoisotopic (exact) mass is 221 g/mol. The van der Waals surface area contributed by atoms with E-state index in [4.69, 9.17) is 10.2 Å². The van der Waals surface area contributed by atoms with Gasteiger partial charge in [0.25, 0.3) is 0 Å². The van der Waals surface area contributed by atoms with Gasteiger partial charge < -0.3 is 15.3 Å². The van der Waals surface area contributed by atoms with Crippen LogP contribution in [0.5, 0.6) is 0 Å². The molecule has 2 saturated carbocycles. The topological polar surface area (TPSA) is 59.4 Å². The first-order chi connectivity index (χ1) is 7.70. The molecule has 1 heterocycles. The van der Waals surface area contributed by atoms with Gasteiger partial charge in [-0.3, -0.25) is 0 Å². The molecule has 0 bridgehead atoms. The van der Waals surface area contributed by atoms with E-state index in [0.29, 0.717) is 18.4 Å². The van der Waals surface area contributed by atoms with E-state index in [1.165, 1.54) is 6.42 Å². The zero-order chi connectivity index (χ0) is 11.3. The van der Waals surface area contributed by atoms with Crippen LogP contribution < -0.4 is 5.73 Å². The van der Waals surface area contributed by atoms with Gasteiger partial charge in [0, 0.05) is 23.8 Å². The quantitative estimate of drug-likeness (QED) is 0.815. The van der Waals surface area contributed by atoms with Gasteiger partial charge >= 0.3 is 0 Å². The van der Waals surface area contributed by atoms with Crippen molar-refractivity contribution in [2.45, 2.75) is 31.6 Å². The Morgan fingerprint density at radius 2 is 2.19 bits per heavy atom. The second-order valence-electron chi connectivity index (χ2n) is 5.54. The van der Waals surface area contributed by atoms with Crippen molar-refractivity contribution in [2.75, 3.05) is 13.2 Å². The maximum absolute atomic E-state index is 9.34. The Labute approximate surface area is 95.6 Å². The van der Waals surface area contributed by atoms with Crippen molar-refractivity contribution < 1.29 is 9.52 Å². The zero-order valence-electron chi connectivity index (χ0n) is 9.65. The first-order valence-corrected chi connectivity index (χ1v) is 6.11. The Kier molecular flexibility index (Phi) is 2.17. The molecule has 0 aromatic carbocycles. The molecule has 3 heteroatoms. The summed E-state index contributed by atoms with van der Waals surface area (Å²) in [7, 11) is 0. The van der Waals surface area contributed by atoms with Crippen molar-refractivity contribution in [3.63, 3.8) is 0 Å². The average Bonchev–Trinajstić information content (AvgIpc) is 3.16. The highest BCUT2D eigenvalue weighted by molar-refractivity contribution is 5.26. The molecule has 88 valence electrons. The van der Waals surface area contributed by atoms with Crippen molar-refractivity contribution in [2.24, 2.45) is 17.1 Å². The fraction of sp³-hybridized carbons (Fsp3) is 0.692. The van der Waals surface area contributed by atoms with Crippen LogP contribution in [0.4, 0.5) is 0 Å². The van der Waals surface area contributed by atoms with Gasteiger partial charge in [-0.1, -0.05) is 6.92 Å². The number of aliphatic hydroxyl groups excluding tert-OH is 1. The summed E-state index contributed by atoms with van der Waals surface area (Å²) in [6, 6.07) is 4.17. The number of aliphatic hydroxyl groups is 1. The second kappa shape index (κ2) is 3.34. The molecule has 0 radical (unpaired) electrons. The van der Waals surface area contributed by atoms with Crippen LogP contribution in [0.2, 0.25) is 0 Å². The minimum Gasteiger partial charge on any atom is -0.465 e. The molecule has 1 aromatic heterocycles. The Hall–Kier alpha value is -0.800. The summed E-state index contributed by atoms with van der Waals surface area (Å²) >= 11 is 0. The molecule has 0 amide bonds. The lowest BCUT2D eigenvalue weighted by molar-refractivity contribution is 0.208. The van der Waals surface area contributed by atoms with E-state index >= 15 is 0 Å². The summed E-state index contributed by atoms with van der Waals surface area (Å²) in [6.45, 7) is 2.97. The van der Waals surface area contributed by atoms with Crippen molar-refractivity contribution in [3.8, 4) is 0 Å². The zero-order valence-corrected chi connectivity index (χ0v) is 9.65. The molecule has 0 aliphatic heterocycles. The highest BCUT2D eigenvalue weighted by Gasteiger charge is 2.55. The Balaban J connectivity index is 1.74. The third-order valence-electron chi connectivity index (χ3n) is 4.38. The third kappa shape index (κ3) is 1.42. The molecular weight excluding hydrogens is 202 g/mol. The molecule has 1 aromatic rings. The summed E-state index contributed by atoms with van der Waals surface area (Å²) in [6.07, 6.45) is 2.22. The van der Waals surface area contributed by atoms with Crippen LogP contribution >= 0.6 is 0 Å². The maximum Gasteiger partial charge on any atom is 0.107 e. The average molecular weight is 221 g/mol. The molecule has 2 fully saturated rings. The number of nitrogens with two attached hydrogens (primary N) is 1. The van der Waals surface area contributed by atoms with E-state index in [1.807, 2.05) is 0 Å². The summed E-state index contributed by atoms with van der Waals surface area (Å²) in [4.78, 5) is 0. The predicted molar refractivity (Wildman–Crippen MR) is 61.2 cm³/mol. The molecule has 4 atom stereocenters. The lowest BCUT2D eigenvalue weighted by atomic mass is 10.0. The highest BCUT2D eigenvalue weighted by Crippen LogP contribution is 2.59. The van der Waals surface area contributed by atoms with Gasteiger partial charge in [0.2, 0.25) is 0 Å². The molecule has 0 spiro atoms. The molecule has 3 rings (SSSR count). The normalized spacial score (nSPS) is 41.1. The second-order valence-corrected chi connectivity index (χ2v) is 5.54. The lowest BCUT2D eigenvalue weighted by Crippen LogP contribution is -2.21. The van der Waals surface area contributed by atoms with Gasteiger partial charge in [-0.25, -0.2) is 0 Å². The SMILES string of the molecule is CC1CC1c1ccc(C2CC2(CN)CO)o1. The first-order valence-electron chi connectivity index (χ1n) is 6.11. The van der Waals surface area contributed by atoms with Crippen molar-refractivity contribution in [1.29, 1.82) is 0 Å². The molecule has 4 unspecified atom stereocenters. The summed E-state index contributed by atoms with van der Waals surface area (Å²) < 4.78 is 5.89. The molecule has 3 nitrogen and oxygen atoms in total. The van der Waals surface area contributed by atoms with E-state index in [2.05, 4.69) is 19.1 Å². The lowest BCUT2D eigenvalue weighted by Gasteiger charge is -2.08. The van der Waals surface area contributed by atoms with Crippen molar-refractivity contribution in [3.05, 3.63) is 23.7 Å². The van der Waals surface area contributed by atoms with Gasteiger partial charge in [-0.05, 0) is 30.9 Å². The van der Waals surface area contributed by atoms with E-state index in [0.717, 1.165) is 23.9 Å². The van der Waals surface area contributed by atoms with E-state index in [-0.39, 0.29) is 12.0 Å². The van der Waals surface area contributed by atoms with E-state index in [1.54, 1.807) is 0 Å². The summed E-state index contributed by atoms with van der Waals surface area (Å²) in [5.74, 6) is 3.89. The molecule has 16 heavy (non-hydrogen) atoms. The predicted octanol–water partition coefficient (Wildman–Crippen LogP) is 1.83. The largest absolute Gasteiger partial charge is 0.465 e. The Morgan fingerprint density at radius 3 is 2.69 bits per heavy atom. The summed E-state index contributed by atoms with van der Waals surface area (Å²) in [5, 5.41) is 9.34. The van der Waals surface area contributed by atoms with Crippen molar-refractivity contribution in [1.82, 2.24) is 0 Å². The molecular formula is C13H19NO2. The minimum absolute atomic E-state index is 0.0930. The fourth-order valence-corrected chi connectivity index (χ4v) is 2.69. The van der Waals surface area contributed by atoms with E-state index < -0.39 is 0 Å². The van der Waals surface area contributed by atoms with Crippen molar-refractivity contribution >= 4 is 0 Å². The Morgan fingerprint density at radius 1 is 1.50 bits per heavy atom. The van der Waals surface area contributed by atoms with Crippen LogP contribution in [0.1, 0.15) is 43.1 Å². The van der Waals surface area contributed by atoms with E-state index in [9.17, 15) is 5.11 Å². The van der Waals surface area contributed by atoms with Gasteiger partial charge in [0.05, 0.1) is 6.61 Å². The standard InChI is InChI=1S/C13H19NO2/c1-8-4-9(8)11-2-3-12(16-11)10-5-13(10,6-14)7-15/h2-3,8-10,15H,4-7,14H2,1H3. The van der Waals surface area contributed by atoms with Crippen LogP contribution in [0.25, 0.3) is 0 Å². The summed E-state index contributed by atoms with van der Waals surface area (Å²) in [5.41, 5.74) is 5.61. The number of rotatable bonds is 4. The first kappa shape index (κ1) is 10.4. The van der Waals surface area contributed by atoms with Crippen LogP contribution in [-0.4, -0.2) is 18.3 Å². The van der Waals surface area contributed by atoms with Crippen LogP contribution in [-0.2, 0) is 0 Å². The fourth-order valence-electron chi connectivity index (χ4n) is 2.69. The minimum atomic E-state index is -0.0930. The third-order valence-corrected chi connectivity index (χ3v) is 4.38. The smallest absolute Gasteiger partial charge is 0.107 e. The van der Waals surface area contributed by atoms with Gasteiger partial charge in [-0.15, -0.1) is 0 Å². The molecule has 2 aliphatic rings. The molecule has 2 aliphatic carbocycles. The molecule has 0 saturated heterocycles. The number of hydrogen-bond acceptors (Lipinski definition) is 3. The van der Waals surface area contributed by atoms with Gasteiger partial charge in [0.15, 0.2) is 0 Å². The van der Waals surface area contributed by atoms with Crippen LogP contribution in [0.15, 0.2) is 16.5 Å². The molecule has 3 N–H and O–H groups in total. The Bertz CT molecular complexity index is 394. The highest BCUT2D eigenvalue weighted by atomic mass is 16.3. The maximum atomic E-state index is 9.34. The number of hydrogen-bond donors (Lipinski definition) is 2. The van der Waals surface area contributed by atoms with Gasteiger partial charge in [-0.2, -0.15) is 0 Å². The van der Waals surface area contributed by atoms with Crippen LogP contribution in [0, 0.1) is 11.3 Å². The van der Waals surface area contributed by atoms with Gasteiger partial charge in [0.1, 0.15) is 11.5 Å². The number of furan rings is 1.